The monoisotopic (exact) mass is 891 g/mol. The largest absolute Gasteiger partial charge is 0.149 e. The first kappa shape index (κ1) is 49.5. The van der Waals surface area contributed by atoms with Crippen LogP contribution in [0.2, 0.25) is 0 Å². The standard InChI is InChI=1S/C62H82S2/c1-44(63(51-32-20-45(21-33-51)57(2,3)4,52-34-22-46(23-35-52)58(5,6)7)53-36-24-47(25-37-53)59(8,9)10)64(54-38-26-48(27-39-54)60(11,12)13,55-40-28-49(29-41-55)61(14,15)16)56-42-30-50(31-43-56)62(17,18)19/h20-44H,1-19H3. The van der Waals surface area contributed by atoms with Crippen LogP contribution < -0.4 is 0 Å². The van der Waals surface area contributed by atoms with E-state index in [-0.39, 0.29) is 37.1 Å². The molecule has 0 radical (unpaired) electrons. The van der Waals surface area contributed by atoms with Crippen LogP contribution in [-0.2, 0) is 32.5 Å². The maximum absolute atomic E-state index is 2.64. The lowest BCUT2D eigenvalue weighted by Gasteiger charge is -2.58. The fourth-order valence-corrected chi connectivity index (χ4v) is 20.3. The van der Waals surface area contributed by atoms with Crippen molar-refractivity contribution in [1.82, 2.24) is 0 Å². The van der Waals surface area contributed by atoms with E-state index in [4.69, 9.17) is 0 Å². The minimum atomic E-state index is -2.08. The van der Waals surface area contributed by atoms with Crippen molar-refractivity contribution in [2.45, 2.75) is 198 Å². The van der Waals surface area contributed by atoms with E-state index in [0.29, 0.717) is 0 Å². The highest BCUT2D eigenvalue weighted by atomic mass is 32.3. The maximum Gasteiger partial charge on any atom is 0.0395 e. The summed E-state index contributed by atoms with van der Waals surface area (Å²) in [6.45, 7) is 44.6. The summed E-state index contributed by atoms with van der Waals surface area (Å²) in [5, 5.41) is 0. The Morgan fingerprint density at radius 1 is 0.219 bits per heavy atom. The van der Waals surface area contributed by atoms with Crippen LogP contribution in [0.3, 0.4) is 0 Å². The van der Waals surface area contributed by atoms with Crippen molar-refractivity contribution in [3.8, 4) is 0 Å². The van der Waals surface area contributed by atoms with Gasteiger partial charge in [-0.2, -0.15) is 0 Å². The molecule has 0 nitrogen and oxygen atoms in total. The lowest BCUT2D eigenvalue weighted by atomic mass is 9.87. The van der Waals surface area contributed by atoms with Gasteiger partial charge in [0.1, 0.15) is 0 Å². The molecular formula is C62H82S2. The van der Waals surface area contributed by atoms with Gasteiger partial charge in [-0.1, -0.05) is 197 Å². The highest BCUT2D eigenvalue weighted by Gasteiger charge is 2.49. The lowest BCUT2D eigenvalue weighted by Crippen LogP contribution is -2.26. The fourth-order valence-electron chi connectivity index (χ4n) is 9.20. The summed E-state index contributed by atoms with van der Waals surface area (Å²) in [6.07, 6.45) is 0. The summed E-state index contributed by atoms with van der Waals surface area (Å²) in [6, 6.07) is 59.4. The average Bonchev–Trinajstić information content (AvgIpc) is 3.21. The van der Waals surface area contributed by atoms with Crippen molar-refractivity contribution in [1.29, 1.82) is 0 Å². The Kier molecular flexibility index (Phi) is 13.4. The van der Waals surface area contributed by atoms with Crippen LogP contribution in [0.15, 0.2) is 175 Å². The molecule has 342 valence electrons. The third-order valence-corrected chi connectivity index (χ3v) is 23.4. The Hall–Kier alpha value is -3.98. The molecule has 64 heavy (non-hydrogen) atoms. The van der Waals surface area contributed by atoms with Gasteiger partial charge in [-0.05, 0) is 175 Å². The molecule has 0 saturated heterocycles. The molecule has 2 heteroatoms. The van der Waals surface area contributed by atoms with Crippen molar-refractivity contribution in [2.75, 3.05) is 0 Å². The van der Waals surface area contributed by atoms with Crippen LogP contribution in [-0.4, -0.2) is 4.58 Å². The van der Waals surface area contributed by atoms with E-state index in [2.05, 4.69) is 277 Å². The van der Waals surface area contributed by atoms with E-state index in [9.17, 15) is 0 Å². The van der Waals surface area contributed by atoms with E-state index < -0.39 is 20.1 Å². The van der Waals surface area contributed by atoms with Gasteiger partial charge in [0, 0.05) is 4.58 Å². The first-order valence-electron chi connectivity index (χ1n) is 23.7. The molecule has 0 heterocycles. The summed E-state index contributed by atoms with van der Waals surface area (Å²) >= 11 is 0. The number of rotatable bonds is 8. The molecule has 0 aromatic heterocycles. The Balaban J connectivity index is 1.88. The van der Waals surface area contributed by atoms with Gasteiger partial charge in [-0.3, -0.25) is 0 Å². The SMILES string of the molecule is CC(S(c1ccc(C(C)(C)C)cc1)(c1ccc(C(C)(C)C)cc1)c1ccc(C(C)(C)C)cc1)S(c1ccc(C(C)(C)C)cc1)(c1ccc(C(C)(C)C)cc1)c1ccc(C(C)(C)C)cc1. The molecular weight excluding hydrogens is 809 g/mol. The van der Waals surface area contributed by atoms with E-state index in [1.165, 1.54) is 62.8 Å². The topological polar surface area (TPSA) is 0 Å². The van der Waals surface area contributed by atoms with Gasteiger partial charge in [0.25, 0.3) is 0 Å². The zero-order chi connectivity index (χ0) is 47.5. The number of hydrogen-bond acceptors (Lipinski definition) is 0. The minimum Gasteiger partial charge on any atom is -0.149 e. The normalized spacial score (nSPS) is 14.2. The molecule has 6 rings (SSSR count). The predicted octanol–water partition coefficient (Wildman–Crippen LogP) is 19.1. The van der Waals surface area contributed by atoms with Crippen LogP contribution in [0.5, 0.6) is 0 Å². The van der Waals surface area contributed by atoms with Crippen LogP contribution in [0.4, 0.5) is 0 Å². The number of benzene rings is 6. The molecule has 0 aliphatic carbocycles. The molecule has 0 spiro atoms. The van der Waals surface area contributed by atoms with Gasteiger partial charge in [-0.25, -0.2) is 0 Å². The smallest absolute Gasteiger partial charge is 0.0395 e. The molecule has 0 N–H and O–H groups in total. The predicted molar refractivity (Wildman–Crippen MR) is 285 cm³/mol. The number of hydrogen-bond donors (Lipinski definition) is 0. The Bertz CT molecular complexity index is 2020. The van der Waals surface area contributed by atoms with Crippen LogP contribution in [0.25, 0.3) is 0 Å². The summed E-state index contributed by atoms with van der Waals surface area (Å²) in [4.78, 5) is 8.42. The van der Waals surface area contributed by atoms with Crippen molar-refractivity contribution >= 4 is 20.1 Å². The third kappa shape index (κ3) is 9.62. The first-order valence-corrected chi connectivity index (χ1v) is 27.1. The summed E-state index contributed by atoms with van der Waals surface area (Å²) in [5.41, 5.74) is 8.30. The molecule has 0 fully saturated rings. The zero-order valence-corrected chi connectivity index (χ0v) is 44.9. The molecule has 0 aliphatic heterocycles. The van der Waals surface area contributed by atoms with Gasteiger partial charge >= 0.3 is 0 Å². The quantitative estimate of drug-likeness (QED) is 0.143. The van der Waals surface area contributed by atoms with Gasteiger partial charge in [0.15, 0.2) is 0 Å². The summed E-state index contributed by atoms with van der Waals surface area (Å²) in [7, 11) is -4.16. The van der Waals surface area contributed by atoms with Crippen molar-refractivity contribution in [3.05, 3.63) is 179 Å². The van der Waals surface area contributed by atoms with Crippen LogP contribution in [0.1, 0.15) is 165 Å². The van der Waals surface area contributed by atoms with Crippen LogP contribution >= 0.6 is 20.1 Å². The maximum atomic E-state index is 2.64. The summed E-state index contributed by atoms with van der Waals surface area (Å²) < 4.78 is 0.0999. The molecule has 0 amide bonds. The second kappa shape index (κ2) is 17.3. The van der Waals surface area contributed by atoms with Crippen molar-refractivity contribution in [3.63, 3.8) is 0 Å². The molecule has 0 saturated carbocycles. The van der Waals surface area contributed by atoms with Gasteiger partial charge < -0.3 is 0 Å². The van der Waals surface area contributed by atoms with Gasteiger partial charge in [0.2, 0.25) is 0 Å². The minimum absolute atomic E-state index is 0.0261. The Morgan fingerprint density at radius 3 is 0.422 bits per heavy atom. The van der Waals surface area contributed by atoms with Gasteiger partial charge in [0.05, 0.1) is 0 Å². The molecule has 6 aromatic carbocycles. The van der Waals surface area contributed by atoms with Crippen molar-refractivity contribution < 1.29 is 0 Å². The Labute approximate surface area is 394 Å². The van der Waals surface area contributed by atoms with E-state index >= 15 is 0 Å². The molecule has 0 aliphatic rings. The third-order valence-electron chi connectivity index (χ3n) is 13.5. The van der Waals surface area contributed by atoms with E-state index in [0.717, 1.165) is 0 Å². The lowest BCUT2D eigenvalue weighted by molar-refractivity contribution is 0.589. The zero-order valence-electron chi connectivity index (χ0n) is 43.3. The Morgan fingerprint density at radius 2 is 0.328 bits per heavy atom. The van der Waals surface area contributed by atoms with Crippen molar-refractivity contribution in [2.24, 2.45) is 0 Å². The molecule has 0 bridgehead atoms. The molecule has 6 aromatic rings. The molecule has 0 unspecified atom stereocenters. The first-order chi connectivity index (χ1) is 29.4. The highest BCUT2D eigenvalue weighted by Crippen LogP contribution is 2.85. The van der Waals surface area contributed by atoms with Crippen LogP contribution in [0, 0.1) is 0 Å². The second-order valence-electron chi connectivity index (χ2n) is 24.5. The van der Waals surface area contributed by atoms with E-state index in [1.54, 1.807) is 0 Å². The summed E-state index contributed by atoms with van der Waals surface area (Å²) in [5.74, 6) is 0. The second-order valence-corrected chi connectivity index (χ2v) is 31.7. The fraction of sp³-hybridized carbons (Fsp3) is 0.419. The van der Waals surface area contributed by atoms with Gasteiger partial charge in [-0.15, -0.1) is 20.1 Å². The van der Waals surface area contributed by atoms with E-state index in [1.807, 2.05) is 0 Å². The molecule has 0 atom stereocenters. The highest BCUT2D eigenvalue weighted by molar-refractivity contribution is 8.49. The average molecular weight is 891 g/mol.